The summed E-state index contributed by atoms with van der Waals surface area (Å²) in [5, 5.41) is 10.8. The van der Waals surface area contributed by atoms with E-state index in [-0.39, 0.29) is 6.42 Å². The van der Waals surface area contributed by atoms with Crippen LogP contribution in [-0.2, 0) is 11.2 Å². The van der Waals surface area contributed by atoms with Crippen molar-refractivity contribution >= 4 is 16.7 Å². The van der Waals surface area contributed by atoms with Gasteiger partial charge in [-0.2, -0.15) is 0 Å². The lowest BCUT2D eigenvalue weighted by atomic mass is 10.1. The van der Waals surface area contributed by atoms with Gasteiger partial charge < -0.3 is 5.11 Å². The second-order valence-corrected chi connectivity index (χ2v) is 3.52. The number of carboxylic acid groups (broad SMARTS) is 1. The Balaban J connectivity index is 2.52. The predicted octanol–water partition coefficient (Wildman–Crippen LogP) is 2.17. The zero-order valence-electron chi connectivity index (χ0n) is 8.40. The van der Waals surface area contributed by atoms with Crippen molar-refractivity contribution in [2.24, 2.45) is 0 Å². The molecule has 1 heterocycles. The molecule has 1 aromatic heterocycles. The molecule has 0 saturated carbocycles. The van der Waals surface area contributed by atoms with Crippen LogP contribution in [0.5, 0.6) is 0 Å². The molecule has 3 nitrogen and oxygen atoms in total. The van der Waals surface area contributed by atoms with E-state index in [0.29, 0.717) is 0 Å². The highest BCUT2D eigenvalue weighted by Gasteiger charge is 2.02. The summed E-state index contributed by atoms with van der Waals surface area (Å²) >= 11 is 0. The molecule has 0 radical (unpaired) electrons. The third-order valence-corrected chi connectivity index (χ3v) is 2.38. The quantitative estimate of drug-likeness (QED) is 0.810. The van der Waals surface area contributed by atoms with E-state index in [4.69, 9.17) is 5.11 Å². The van der Waals surface area contributed by atoms with Gasteiger partial charge in [0.15, 0.2) is 0 Å². The van der Waals surface area contributed by atoms with Crippen molar-refractivity contribution in [3.63, 3.8) is 0 Å². The lowest BCUT2D eigenvalue weighted by Gasteiger charge is -2.03. The van der Waals surface area contributed by atoms with Gasteiger partial charge in [0.2, 0.25) is 0 Å². The minimum atomic E-state index is -0.805. The standard InChI is InChI=1S/C12H11NO2/c1-8-11-3-2-9(7-12(14)15)6-10(11)4-5-13-8/h2-6H,7H2,1H3,(H,14,15). The summed E-state index contributed by atoms with van der Waals surface area (Å²) < 4.78 is 0. The largest absolute Gasteiger partial charge is 0.481 e. The number of hydrogen-bond donors (Lipinski definition) is 1. The van der Waals surface area contributed by atoms with Gasteiger partial charge in [0.25, 0.3) is 0 Å². The summed E-state index contributed by atoms with van der Waals surface area (Å²) in [5.74, 6) is -0.805. The molecule has 15 heavy (non-hydrogen) atoms. The second kappa shape index (κ2) is 3.69. The number of aryl methyl sites for hydroxylation is 1. The molecule has 0 unspecified atom stereocenters. The van der Waals surface area contributed by atoms with Gasteiger partial charge in [-0.05, 0) is 23.9 Å². The summed E-state index contributed by atoms with van der Waals surface area (Å²) in [6, 6.07) is 7.56. The van der Waals surface area contributed by atoms with Gasteiger partial charge in [0, 0.05) is 17.3 Å². The van der Waals surface area contributed by atoms with Crippen LogP contribution >= 0.6 is 0 Å². The first kappa shape index (κ1) is 9.65. The fourth-order valence-corrected chi connectivity index (χ4v) is 1.66. The summed E-state index contributed by atoms with van der Waals surface area (Å²) in [5.41, 5.74) is 1.79. The third-order valence-electron chi connectivity index (χ3n) is 2.38. The van der Waals surface area contributed by atoms with Gasteiger partial charge in [0.05, 0.1) is 6.42 Å². The summed E-state index contributed by atoms with van der Waals surface area (Å²) in [4.78, 5) is 14.7. The normalized spacial score (nSPS) is 10.5. The smallest absolute Gasteiger partial charge is 0.307 e. The number of carboxylic acids is 1. The van der Waals surface area contributed by atoms with Crippen LogP contribution in [0, 0.1) is 6.92 Å². The van der Waals surface area contributed by atoms with Gasteiger partial charge in [0.1, 0.15) is 0 Å². The first-order valence-electron chi connectivity index (χ1n) is 4.73. The molecule has 76 valence electrons. The second-order valence-electron chi connectivity index (χ2n) is 3.52. The van der Waals surface area contributed by atoms with E-state index >= 15 is 0 Å². The average molecular weight is 201 g/mol. The molecule has 0 spiro atoms. The van der Waals surface area contributed by atoms with Crippen molar-refractivity contribution in [1.29, 1.82) is 0 Å². The predicted molar refractivity (Wildman–Crippen MR) is 57.8 cm³/mol. The number of pyridine rings is 1. The van der Waals surface area contributed by atoms with Crippen molar-refractivity contribution in [3.05, 3.63) is 41.7 Å². The number of aromatic nitrogens is 1. The van der Waals surface area contributed by atoms with Gasteiger partial charge in [-0.3, -0.25) is 9.78 Å². The van der Waals surface area contributed by atoms with Gasteiger partial charge >= 0.3 is 5.97 Å². The van der Waals surface area contributed by atoms with Gasteiger partial charge in [-0.1, -0.05) is 18.2 Å². The Bertz CT molecular complexity index is 520. The van der Waals surface area contributed by atoms with E-state index in [0.717, 1.165) is 22.0 Å². The molecule has 2 rings (SSSR count). The van der Waals surface area contributed by atoms with E-state index in [1.165, 1.54) is 0 Å². The van der Waals surface area contributed by atoms with Crippen molar-refractivity contribution in [2.45, 2.75) is 13.3 Å². The van der Waals surface area contributed by atoms with Crippen molar-refractivity contribution in [1.82, 2.24) is 4.98 Å². The van der Waals surface area contributed by atoms with E-state index in [1.807, 2.05) is 31.2 Å². The zero-order valence-corrected chi connectivity index (χ0v) is 8.40. The molecule has 3 heteroatoms. The summed E-state index contributed by atoms with van der Waals surface area (Å²) in [6.45, 7) is 1.94. The van der Waals surface area contributed by atoms with Crippen molar-refractivity contribution in [2.75, 3.05) is 0 Å². The van der Waals surface area contributed by atoms with E-state index < -0.39 is 5.97 Å². The Labute approximate surface area is 87.4 Å². The Morgan fingerprint density at radius 1 is 1.40 bits per heavy atom. The SMILES string of the molecule is Cc1nccc2cc(CC(=O)O)ccc12. The van der Waals surface area contributed by atoms with Crippen LogP contribution in [0.1, 0.15) is 11.3 Å². The monoisotopic (exact) mass is 201 g/mol. The highest BCUT2D eigenvalue weighted by molar-refractivity contribution is 5.85. The first-order chi connectivity index (χ1) is 7.16. The van der Waals surface area contributed by atoms with Crippen LogP contribution in [0.25, 0.3) is 10.8 Å². The fourth-order valence-electron chi connectivity index (χ4n) is 1.66. The molecular weight excluding hydrogens is 190 g/mol. The Hall–Kier alpha value is -1.90. The van der Waals surface area contributed by atoms with Crippen molar-refractivity contribution < 1.29 is 9.90 Å². The first-order valence-corrected chi connectivity index (χ1v) is 4.73. The number of nitrogens with zero attached hydrogens (tertiary/aromatic N) is 1. The molecule has 1 N–H and O–H groups in total. The Morgan fingerprint density at radius 2 is 2.20 bits per heavy atom. The zero-order chi connectivity index (χ0) is 10.8. The third kappa shape index (κ3) is 1.96. The topological polar surface area (TPSA) is 50.2 Å². The van der Waals surface area contributed by atoms with Crippen LogP contribution in [0.4, 0.5) is 0 Å². The number of fused-ring (bicyclic) bond motifs is 1. The number of aliphatic carboxylic acids is 1. The van der Waals surface area contributed by atoms with Crippen LogP contribution in [0.2, 0.25) is 0 Å². The molecule has 0 saturated heterocycles. The number of rotatable bonds is 2. The molecule has 0 fully saturated rings. The molecule has 0 aliphatic carbocycles. The Kier molecular flexibility index (Phi) is 2.37. The minimum absolute atomic E-state index is 0.0668. The summed E-state index contributed by atoms with van der Waals surface area (Å²) in [7, 11) is 0. The number of carbonyl (C=O) groups is 1. The van der Waals surface area contributed by atoms with E-state index in [2.05, 4.69) is 4.98 Å². The summed E-state index contributed by atoms with van der Waals surface area (Å²) in [6.07, 6.45) is 1.81. The molecule has 0 atom stereocenters. The maximum Gasteiger partial charge on any atom is 0.307 e. The van der Waals surface area contributed by atoms with Gasteiger partial charge in [-0.25, -0.2) is 0 Å². The van der Waals surface area contributed by atoms with Gasteiger partial charge in [-0.15, -0.1) is 0 Å². The lowest BCUT2D eigenvalue weighted by molar-refractivity contribution is -0.136. The highest BCUT2D eigenvalue weighted by atomic mass is 16.4. The average Bonchev–Trinajstić information content (AvgIpc) is 2.17. The maximum absolute atomic E-state index is 10.6. The van der Waals surface area contributed by atoms with E-state index in [9.17, 15) is 4.79 Å². The molecule has 2 aromatic rings. The lowest BCUT2D eigenvalue weighted by Crippen LogP contribution is -1.99. The molecule has 1 aromatic carbocycles. The van der Waals surface area contributed by atoms with Crippen LogP contribution in [-0.4, -0.2) is 16.1 Å². The minimum Gasteiger partial charge on any atom is -0.481 e. The van der Waals surface area contributed by atoms with Crippen molar-refractivity contribution in [3.8, 4) is 0 Å². The fraction of sp³-hybridized carbons (Fsp3) is 0.167. The van der Waals surface area contributed by atoms with Crippen LogP contribution in [0.15, 0.2) is 30.5 Å². The number of benzene rings is 1. The number of hydrogen-bond acceptors (Lipinski definition) is 2. The van der Waals surface area contributed by atoms with Crippen LogP contribution < -0.4 is 0 Å². The molecule has 0 aliphatic rings. The molecule has 0 bridgehead atoms. The van der Waals surface area contributed by atoms with E-state index in [1.54, 1.807) is 6.20 Å². The Morgan fingerprint density at radius 3 is 2.93 bits per heavy atom. The molecule has 0 amide bonds. The maximum atomic E-state index is 10.6. The molecular formula is C12H11NO2. The van der Waals surface area contributed by atoms with Crippen LogP contribution in [0.3, 0.4) is 0 Å². The highest BCUT2D eigenvalue weighted by Crippen LogP contribution is 2.18. The molecule has 0 aliphatic heterocycles.